The maximum absolute atomic E-state index is 12.0. The molecule has 0 aromatic heterocycles. The minimum absolute atomic E-state index is 0.199. The zero-order valence-electron chi connectivity index (χ0n) is 8.14. The van der Waals surface area contributed by atoms with E-state index in [9.17, 15) is 18.9 Å². The summed E-state index contributed by atoms with van der Waals surface area (Å²) in [5.41, 5.74) is 5.09. The van der Waals surface area contributed by atoms with E-state index in [1.54, 1.807) is 0 Å². The third-order valence-corrected chi connectivity index (χ3v) is 2.06. The Hall–Kier alpha value is -1.76. The van der Waals surface area contributed by atoms with E-state index < -0.39 is 35.2 Å². The smallest absolute Gasteiger partial charge is 0.311 e. The number of hydrogen-bond donors (Lipinski definition) is 2. The van der Waals surface area contributed by atoms with Crippen LogP contribution in [0.3, 0.4) is 0 Å². The Kier molecular flexibility index (Phi) is 3.73. The minimum atomic E-state index is -2.58. The highest BCUT2D eigenvalue weighted by Crippen LogP contribution is 2.29. The van der Waals surface area contributed by atoms with Crippen molar-refractivity contribution in [3.05, 3.63) is 33.9 Å². The number of phenolic OH excluding ortho intramolecular Hbond substituents is 1. The van der Waals surface area contributed by atoms with Crippen LogP contribution in [0.4, 0.5) is 14.5 Å². The van der Waals surface area contributed by atoms with Gasteiger partial charge in [-0.3, -0.25) is 10.1 Å². The molecule has 0 bridgehead atoms. The molecule has 1 aromatic carbocycles. The number of nitrogens with two attached hydrogens (primary N) is 1. The molecule has 16 heavy (non-hydrogen) atoms. The van der Waals surface area contributed by atoms with Gasteiger partial charge in [-0.25, -0.2) is 8.78 Å². The predicted octanol–water partition coefficient (Wildman–Crippen LogP) is 1.96. The Morgan fingerprint density at radius 1 is 1.50 bits per heavy atom. The largest absolute Gasteiger partial charge is 0.502 e. The second kappa shape index (κ2) is 4.84. The molecule has 0 saturated heterocycles. The van der Waals surface area contributed by atoms with Gasteiger partial charge in [-0.1, -0.05) is 6.07 Å². The van der Waals surface area contributed by atoms with Crippen molar-refractivity contribution in [2.45, 2.75) is 18.9 Å². The van der Waals surface area contributed by atoms with Crippen LogP contribution in [-0.4, -0.2) is 16.5 Å². The number of rotatable bonds is 4. The molecular weight excluding hydrogens is 222 g/mol. The lowest BCUT2D eigenvalue weighted by atomic mass is 10.0. The summed E-state index contributed by atoms with van der Waals surface area (Å²) in [6.45, 7) is 0. The van der Waals surface area contributed by atoms with Gasteiger partial charge < -0.3 is 10.8 Å². The van der Waals surface area contributed by atoms with Crippen molar-refractivity contribution < 1.29 is 18.8 Å². The first-order chi connectivity index (χ1) is 7.41. The fraction of sp³-hybridized carbons (Fsp3) is 0.333. The summed E-state index contributed by atoms with van der Waals surface area (Å²) in [5.74, 6) is -0.516. The number of halogens is 2. The maximum atomic E-state index is 12.0. The predicted molar refractivity (Wildman–Crippen MR) is 52.3 cm³/mol. The quantitative estimate of drug-likeness (QED) is 0.613. The second-order valence-electron chi connectivity index (χ2n) is 3.24. The van der Waals surface area contributed by atoms with Crippen LogP contribution in [-0.2, 0) is 0 Å². The standard InChI is InChI=1S/C9H10F2N2O3/c10-9(11)4-6(12)5-1-2-8(14)7(3-5)13(15)16/h1-3,6,9,14H,4,12H2/t6-/m0/s1. The fourth-order valence-electron chi connectivity index (χ4n) is 1.25. The molecule has 3 N–H and O–H groups in total. The molecular formula is C9H10F2N2O3. The van der Waals surface area contributed by atoms with Crippen molar-refractivity contribution in [3.8, 4) is 5.75 Å². The number of nitro benzene ring substituents is 1. The Morgan fingerprint density at radius 2 is 2.12 bits per heavy atom. The number of nitrogens with zero attached hydrogens (tertiary/aromatic N) is 1. The van der Waals surface area contributed by atoms with E-state index in [-0.39, 0.29) is 5.56 Å². The zero-order chi connectivity index (χ0) is 12.3. The SMILES string of the molecule is N[C@@H](CC(F)F)c1ccc(O)c([N+](=O)[O-])c1. The van der Waals surface area contributed by atoms with E-state index in [1.165, 1.54) is 6.07 Å². The summed E-state index contributed by atoms with van der Waals surface area (Å²) in [4.78, 5) is 9.68. The second-order valence-corrected chi connectivity index (χ2v) is 3.24. The first-order valence-corrected chi connectivity index (χ1v) is 4.43. The average molecular weight is 232 g/mol. The van der Waals surface area contributed by atoms with Gasteiger partial charge >= 0.3 is 5.69 Å². The Balaban J connectivity index is 2.98. The molecule has 0 spiro atoms. The van der Waals surface area contributed by atoms with E-state index in [0.29, 0.717) is 0 Å². The number of benzene rings is 1. The maximum Gasteiger partial charge on any atom is 0.311 e. The topological polar surface area (TPSA) is 89.4 Å². The molecule has 1 rings (SSSR count). The van der Waals surface area contributed by atoms with E-state index in [4.69, 9.17) is 10.8 Å². The van der Waals surface area contributed by atoms with Gasteiger partial charge in [0.15, 0.2) is 5.75 Å². The van der Waals surface area contributed by atoms with Crippen LogP contribution in [0.2, 0.25) is 0 Å². The molecule has 0 radical (unpaired) electrons. The fourth-order valence-corrected chi connectivity index (χ4v) is 1.25. The molecule has 0 fully saturated rings. The summed E-state index contributed by atoms with van der Waals surface area (Å²) in [6, 6.07) is 2.37. The van der Waals surface area contributed by atoms with E-state index >= 15 is 0 Å². The first-order valence-electron chi connectivity index (χ1n) is 4.43. The molecule has 0 aliphatic heterocycles. The van der Waals surface area contributed by atoms with Gasteiger partial charge in [0.1, 0.15) is 0 Å². The summed E-state index contributed by atoms with van der Waals surface area (Å²) in [6.07, 6.45) is -3.16. The number of phenols is 1. The Morgan fingerprint density at radius 3 is 2.62 bits per heavy atom. The van der Waals surface area contributed by atoms with Gasteiger partial charge in [0.2, 0.25) is 6.43 Å². The van der Waals surface area contributed by atoms with E-state index in [1.807, 2.05) is 0 Å². The molecule has 0 heterocycles. The number of hydrogen-bond acceptors (Lipinski definition) is 4. The molecule has 88 valence electrons. The van der Waals surface area contributed by atoms with Crippen LogP contribution >= 0.6 is 0 Å². The molecule has 1 aromatic rings. The number of nitro groups is 1. The highest BCUT2D eigenvalue weighted by atomic mass is 19.3. The van der Waals surface area contributed by atoms with Gasteiger partial charge in [-0.2, -0.15) is 0 Å². The lowest BCUT2D eigenvalue weighted by Crippen LogP contribution is -2.14. The van der Waals surface area contributed by atoms with E-state index in [2.05, 4.69) is 0 Å². The molecule has 7 heteroatoms. The van der Waals surface area contributed by atoms with Gasteiger partial charge in [-0.05, 0) is 11.6 Å². The first kappa shape index (κ1) is 12.3. The third-order valence-electron chi connectivity index (χ3n) is 2.06. The molecule has 0 aliphatic rings. The average Bonchev–Trinajstić information content (AvgIpc) is 2.16. The van der Waals surface area contributed by atoms with Crippen molar-refractivity contribution in [3.63, 3.8) is 0 Å². The van der Waals surface area contributed by atoms with Crippen LogP contribution in [0.25, 0.3) is 0 Å². The normalized spacial score (nSPS) is 12.8. The number of aromatic hydroxyl groups is 1. The molecule has 0 unspecified atom stereocenters. The third kappa shape index (κ3) is 2.86. The van der Waals surface area contributed by atoms with Crippen molar-refractivity contribution in [1.29, 1.82) is 0 Å². The Labute approximate surface area is 89.6 Å². The van der Waals surface area contributed by atoms with Crippen LogP contribution in [0.15, 0.2) is 18.2 Å². The van der Waals surface area contributed by atoms with Gasteiger partial charge in [-0.15, -0.1) is 0 Å². The van der Waals surface area contributed by atoms with Crippen molar-refractivity contribution >= 4 is 5.69 Å². The highest BCUT2D eigenvalue weighted by molar-refractivity contribution is 5.48. The molecule has 5 nitrogen and oxygen atoms in total. The lowest BCUT2D eigenvalue weighted by molar-refractivity contribution is -0.385. The van der Waals surface area contributed by atoms with Gasteiger partial charge in [0.05, 0.1) is 4.92 Å². The lowest BCUT2D eigenvalue weighted by Gasteiger charge is -2.11. The Bertz CT molecular complexity index is 398. The van der Waals surface area contributed by atoms with Crippen molar-refractivity contribution in [2.24, 2.45) is 5.73 Å². The summed E-state index contributed by atoms with van der Waals surface area (Å²) >= 11 is 0. The summed E-state index contributed by atoms with van der Waals surface area (Å²) in [7, 11) is 0. The van der Waals surface area contributed by atoms with Crippen LogP contribution in [0.5, 0.6) is 5.75 Å². The van der Waals surface area contributed by atoms with Crippen LogP contribution in [0.1, 0.15) is 18.0 Å². The molecule has 1 atom stereocenters. The zero-order valence-corrected chi connectivity index (χ0v) is 8.14. The van der Waals surface area contributed by atoms with Crippen molar-refractivity contribution in [1.82, 2.24) is 0 Å². The van der Waals surface area contributed by atoms with Gasteiger partial charge in [0, 0.05) is 18.5 Å². The molecule has 0 amide bonds. The van der Waals surface area contributed by atoms with Crippen LogP contribution in [0, 0.1) is 10.1 Å². The minimum Gasteiger partial charge on any atom is -0.502 e. The highest BCUT2D eigenvalue weighted by Gasteiger charge is 2.18. The van der Waals surface area contributed by atoms with Crippen molar-refractivity contribution in [2.75, 3.05) is 0 Å². The van der Waals surface area contributed by atoms with Gasteiger partial charge in [0.25, 0.3) is 0 Å². The van der Waals surface area contributed by atoms with E-state index in [0.717, 1.165) is 12.1 Å². The number of alkyl halides is 2. The monoisotopic (exact) mass is 232 g/mol. The molecule has 0 aliphatic carbocycles. The summed E-state index contributed by atoms with van der Waals surface area (Å²) < 4.78 is 24.1. The molecule has 0 saturated carbocycles. The summed E-state index contributed by atoms with van der Waals surface area (Å²) in [5, 5.41) is 19.6. The van der Waals surface area contributed by atoms with Crippen LogP contribution < -0.4 is 5.73 Å².